The molecular weight excluding hydrogens is 242 g/mol. The normalized spacial score (nSPS) is 9.71. The molecule has 4 heteroatoms. The van der Waals surface area contributed by atoms with Gasteiger partial charge in [0, 0.05) is 4.47 Å². The highest BCUT2D eigenvalue weighted by Gasteiger charge is 2.06. The monoisotopic (exact) mass is 247 g/mol. The van der Waals surface area contributed by atoms with Gasteiger partial charge < -0.3 is 0 Å². The molecule has 2 aromatic rings. The van der Waals surface area contributed by atoms with Crippen molar-refractivity contribution in [2.45, 2.75) is 0 Å². The predicted molar refractivity (Wildman–Crippen MR) is 56.0 cm³/mol. The van der Waals surface area contributed by atoms with E-state index in [1.165, 1.54) is 0 Å². The van der Waals surface area contributed by atoms with Crippen LogP contribution in [-0.4, -0.2) is 9.78 Å². The lowest BCUT2D eigenvalue weighted by molar-refractivity contribution is 0.862. The topological polar surface area (TPSA) is 41.6 Å². The maximum Gasteiger partial charge on any atom is 0.144 e. The number of hydrogen-bond acceptors (Lipinski definition) is 2. The number of halogens is 1. The summed E-state index contributed by atoms with van der Waals surface area (Å²) in [7, 11) is 0. The fourth-order valence-corrected chi connectivity index (χ4v) is 1.66. The Bertz CT molecular complexity index is 496. The van der Waals surface area contributed by atoms with Crippen LogP contribution in [0.3, 0.4) is 0 Å². The third-order valence-corrected chi connectivity index (χ3v) is 2.51. The Kier molecular flexibility index (Phi) is 2.33. The Morgan fingerprint density at radius 3 is 2.79 bits per heavy atom. The molecule has 1 aromatic heterocycles. The van der Waals surface area contributed by atoms with Gasteiger partial charge in [0.2, 0.25) is 0 Å². The van der Waals surface area contributed by atoms with Gasteiger partial charge in [-0.1, -0.05) is 12.1 Å². The summed E-state index contributed by atoms with van der Waals surface area (Å²) in [5, 5.41) is 12.9. The summed E-state index contributed by atoms with van der Waals surface area (Å²) < 4.78 is 2.52. The molecule has 68 valence electrons. The molecule has 0 fully saturated rings. The van der Waals surface area contributed by atoms with E-state index in [4.69, 9.17) is 5.26 Å². The molecule has 0 unspecified atom stereocenters. The molecule has 0 aliphatic heterocycles. The number of aromatic nitrogens is 2. The number of nitrogens with zero attached hydrogens (tertiary/aromatic N) is 3. The lowest BCUT2D eigenvalue weighted by Gasteiger charge is -2.04. The summed E-state index contributed by atoms with van der Waals surface area (Å²) in [4.78, 5) is 0. The largest absolute Gasteiger partial charge is 0.222 e. The Labute approximate surface area is 89.7 Å². The molecule has 0 aliphatic rings. The van der Waals surface area contributed by atoms with Crippen LogP contribution in [-0.2, 0) is 0 Å². The van der Waals surface area contributed by atoms with Crippen molar-refractivity contribution in [2.75, 3.05) is 0 Å². The zero-order chi connectivity index (χ0) is 9.97. The third-order valence-electron chi connectivity index (χ3n) is 1.84. The zero-order valence-electron chi connectivity index (χ0n) is 7.18. The molecule has 14 heavy (non-hydrogen) atoms. The highest BCUT2D eigenvalue weighted by Crippen LogP contribution is 2.20. The van der Waals surface area contributed by atoms with Crippen LogP contribution in [0, 0.1) is 11.3 Å². The first kappa shape index (κ1) is 8.97. The minimum Gasteiger partial charge on any atom is -0.222 e. The van der Waals surface area contributed by atoms with Crippen molar-refractivity contribution in [1.29, 1.82) is 5.26 Å². The molecule has 0 N–H and O–H groups in total. The van der Waals surface area contributed by atoms with E-state index in [2.05, 4.69) is 27.1 Å². The maximum atomic E-state index is 8.83. The van der Waals surface area contributed by atoms with Crippen molar-refractivity contribution in [3.63, 3.8) is 0 Å². The maximum absolute atomic E-state index is 8.83. The van der Waals surface area contributed by atoms with Crippen molar-refractivity contribution in [1.82, 2.24) is 9.78 Å². The van der Waals surface area contributed by atoms with Crippen LogP contribution in [0.1, 0.15) is 5.69 Å². The summed E-state index contributed by atoms with van der Waals surface area (Å²) in [6.07, 6.45) is 1.61. The molecule has 0 aliphatic carbocycles. The Morgan fingerprint density at radius 1 is 1.29 bits per heavy atom. The molecule has 0 bridgehead atoms. The van der Waals surface area contributed by atoms with Crippen LogP contribution in [0.5, 0.6) is 0 Å². The molecule has 0 amide bonds. The first-order valence-electron chi connectivity index (χ1n) is 4.02. The molecule has 2 rings (SSSR count). The summed E-state index contributed by atoms with van der Waals surface area (Å²) in [5.74, 6) is 0. The standard InChI is InChI=1S/C10H6BrN3/c11-9-3-1-2-4-10(9)14-8(7-12)5-6-13-14/h1-6H. The number of rotatable bonds is 1. The SMILES string of the molecule is N#Cc1ccnn1-c1ccccc1Br. The van der Waals surface area contributed by atoms with Crippen LogP contribution in [0.15, 0.2) is 41.0 Å². The average Bonchev–Trinajstić information content (AvgIpc) is 2.66. The molecule has 0 spiro atoms. The minimum atomic E-state index is 0.525. The van der Waals surface area contributed by atoms with Gasteiger partial charge in [-0.25, -0.2) is 4.68 Å². The summed E-state index contributed by atoms with van der Waals surface area (Å²) in [6, 6.07) is 11.4. The Morgan fingerprint density at radius 2 is 2.07 bits per heavy atom. The van der Waals surface area contributed by atoms with Crippen LogP contribution in [0.2, 0.25) is 0 Å². The van der Waals surface area contributed by atoms with Crippen molar-refractivity contribution in [3.05, 3.63) is 46.7 Å². The van der Waals surface area contributed by atoms with Crippen LogP contribution in [0.25, 0.3) is 5.69 Å². The quantitative estimate of drug-likeness (QED) is 0.777. The molecule has 3 nitrogen and oxygen atoms in total. The van der Waals surface area contributed by atoms with Crippen molar-refractivity contribution in [2.24, 2.45) is 0 Å². The van der Waals surface area contributed by atoms with Crippen LogP contribution >= 0.6 is 15.9 Å². The Hall–Kier alpha value is -1.60. The van der Waals surface area contributed by atoms with E-state index in [1.54, 1.807) is 16.9 Å². The summed E-state index contributed by atoms with van der Waals surface area (Å²) in [6.45, 7) is 0. The number of hydrogen-bond donors (Lipinski definition) is 0. The van der Waals surface area contributed by atoms with Crippen LogP contribution < -0.4 is 0 Å². The second-order valence-electron chi connectivity index (χ2n) is 2.69. The van der Waals surface area contributed by atoms with E-state index in [1.807, 2.05) is 24.3 Å². The zero-order valence-corrected chi connectivity index (χ0v) is 8.77. The minimum absolute atomic E-state index is 0.525. The molecule has 0 saturated heterocycles. The molecule has 1 aromatic carbocycles. The van der Waals surface area contributed by atoms with Gasteiger partial charge in [0.15, 0.2) is 0 Å². The highest BCUT2D eigenvalue weighted by atomic mass is 79.9. The van der Waals surface area contributed by atoms with Gasteiger partial charge in [0.05, 0.1) is 11.9 Å². The van der Waals surface area contributed by atoms with Gasteiger partial charge in [-0.2, -0.15) is 10.4 Å². The predicted octanol–water partition coefficient (Wildman–Crippen LogP) is 2.51. The fraction of sp³-hybridized carbons (Fsp3) is 0. The fourth-order valence-electron chi connectivity index (χ4n) is 1.20. The lowest BCUT2D eigenvalue weighted by atomic mass is 10.3. The molecule has 0 radical (unpaired) electrons. The van der Waals surface area contributed by atoms with E-state index in [0.29, 0.717) is 5.69 Å². The lowest BCUT2D eigenvalue weighted by Crippen LogP contribution is -1.99. The molecule has 0 atom stereocenters. The van der Waals surface area contributed by atoms with Gasteiger partial charge in [-0.3, -0.25) is 0 Å². The second-order valence-corrected chi connectivity index (χ2v) is 3.55. The van der Waals surface area contributed by atoms with Crippen molar-refractivity contribution in [3.8, 4) is 11.8 Å². The second kappa shape index (κ2) is 3.64. The van der Waals surface area contributed by atoms with Crippen molar-refractivity contribution >= 4 is 15.9 Å². The van der Waals surface area contributed by atoms with E-state index < -0.39 is 0 Å². The first-order valence-corrected chi connectivity index (χ1v) is 4.81. The molecular formula is C10H6BrN3. The highest BCUT2D eigenvalue weighted by molar-refractivity contribution is 9.10. The average molecular weight is 248 g/mol. The van der Waals surface area contributed by atoms with Crippen LogP contribution in [0.4, 0.5) is 0 Å². The third kappa shape index (κ3) is 1.42. The van der Waals surface area contributed by atoms with Crippen molar-refractivity contribution < 1.29 is 0 Å². The van der Waals surface area contributed by atoms with E-state index in [-0.39, 0.29) is 0 Å². The van der Waals surface area contributed by atoms with Gasteiger partial charge in [0.25, 0.3) is 0 Å². The number of benzene rings is 1. The van der Waals surface area contributed by atoms with E-state index in [9.17, 15) is 0 Å². The van der Waals surface area contributed by atoms with Gasteiger partial charge >= 0.3 is 0 Å². The summed E-state index contributed by atoms with van der Waals surface area (Å²) >= 11 is 3.41. The van der Waals surface area contributed by atoms with Gasteiger partial charge in [-0.15, -0.1) is 0 Å². The van der Waals surface area contributed by atoms with E-state index in [0.717, 1.165) is 10.2 Å². The smallest absolute Gasteiger partial charge is 0.144 e. The molecule has 0 saturated carbocycles. The summed E-state index contributed by atoms with van der Waals surface area (Å²) in [5.41, 5.74) is 1.39. The van der Waals surface area contributed by atoms with Gasteiger partial charge in [0.1, 0.15) is 11.8 Å². The van der Waals surface area contributed by atoms with Gasteiger partial charge in [-0.05, 0) is 34.1 Å². The molecule has 1 heterocycles. The number of para-hydroxylation sites is 1. The first-order chi connectivity index (χ1) is 6.83. The Balaban J connectivity index is 2.62. The van der Waals surface area contributed by atoms with E-state index >= 15 is 0 Å². The number of nitriles is 1.